The van der Waals surface area contributed by atoms with Crippen LogP contribution in [0, 0.1) is 0 Å². The van der Waals surface area contributed by atoms with Gasteiger partial charge in [0, 0.05) is 65.4 Å². The average Bonchev–Trinajstić information content (AvgIpc) is 2.91. The molecule has 0 amide bonds. The van der Waals surface area contributed by atoms with Gasteiger partial charge < -0.3 is 4.90 Å². The van der Waals surface area contributed by atoms with Crippen molar-refractivity contribution in [2.75, 3.05) is 4.90 Å². The SMILES string of the molecule is C(c1ccc(N(c2ccccc2)c2ccccc2)cc1)=[N+](c1ccccc1)c1ccccc1.[V]. The molecular formula is C31H25N2V+. The number of hydrogen-bond acceptors (Lipinski definition) is 1. The van der Waals surface area contributed by atoms with Crippen molar-refractivity contribution < 1.29 is 18.6 Å². The minimum absolute atomic E-state index is 0. The van der Waals surface area contributed by atoms with E-state index in [9.17, 15) is 0 Å². The van der Waals surface area contributed by atoms with Crippen molar-refractivity contribution in [3.05, 3.63) is 151 Å². The van der Waals surface area contributed by atoms with Crippen molar-refractivity contribution >= 4 is 34.7 Å². The van der Waals surface area contributed by atoms with Gasteiger partial charge in [0.25, 0.3) is 0 Å². The molecule has 3 heteroatoms. The van der Waals surface area contributed by atoms with Crippen LogP contribution in [0.1, 0.15) is 5.56 Å². The molecule has 163 valence electrons. The van der Waals surface area contributed by atoms with Gasteiger partial charge in [-0.1, -0.05) is 72.8 Å². The zero-order chi connectivity index (χ0) is 22.3. The van der Waals surface area contributed by atoms with Gasteiger partial charge in [-0.15, -0.1) is 0 Å². The first-order valence-corrected chi connectivity index (χ1v) is 11.1. The molecule has 0 unspecified atom stereocenters. The molecule has 0 spiro atoms. The first-order valence-electron chi connectivity index (χ1n) is 11.1. The topological polar surface area (TPSA) is 6.25 Å². The van der Waals surface area contributed by atoms with E-state index in [0.29, 0.717) is 0 Å². The van der Waals surface area contributed by atoms with Crippen LogP contribution in [0.15, 0.2) is 146 Å². The molecule has 0 N–H and O–H groups in total. The van der Waals surface area contributed by atoms with E-state index in [1.165, 1.54) is 0 Å². The summed E-state index contributed by atoms with van der Waals surface area (Å²) in [6.07, 6.45) is 2.18. The van der Waals surface area contributed by atoms with E-state index in [1.807, 2.05) is 24.3 Å². The number of benzene rings is 5. The number of nitrogens with zero attached hydrogens (tertiary/aromatic N) is 2. The normalized spacial score (nSPS) is 10.1. The Bertz CT molecular complexity index is 1240. The van der Waals surface area contributed by atoms with Crippen LogP contribution in [0.5, 0.6) is 0 Å². The Hall–Kier alpha value is -3.85. The van der Waals surface area contributed by atoms with E-state index in [1.54, 1.807) is 0 Å². The van der Waals surface area contributed by atoms with Gasteiger partial charge in [0.1, 0.15) is 0 Å². The summed E-state index contributed by atoms with van der Waals surface area (Å²) in [6.45, 7) is 0. The summed E-state index contributed by atoms with van der Waals surface area (Å²) in [6, 6.07) is 50.5. The Labute approximate surface area is 213 Å². The largest absolute Gasteiger partial charge is 0.311 e. The minimum Gasteiger partial charge on any atom is -0.311 e. The summed E-state index contributed by atoms with van der Waals surface area (Å²) >= 11 is 0. The monoisotopic (exact) mass is 476 g/mol. The van der Waals surface area contributed by atoms with Crippen molar-refractivity contribution in [2.24, 2.45) is 0 Å². The van der Waals surface area contributed by atoms with Crippen LogP contribution in [-0.4, -0.2) is 6.21 Å². The maximum Gasteiger partial charge on any atom is 0.211 e. The molecule has 2 nitrogen and oxygen atoms in total. The Morgan fingerprint density at radius 1 is 0.412 bits per heavy atom. The maximum atomic E-state index is 2.27. The maximum absolute atomic E-state index is 2.27. The molecule has 1 radical (unpaired) electrons. The molecule has 5 aromatic rings. The van der Waals surface area contributed by atoms with Crippen molar-refractivity contribution in [3.8, 4) is 0 Å². The number of para-hydroxylation sites is 4. The van der Waals surface area contributed by atoms with Crippen molar-refractivity contribution in [3.63, 3.8) is 0 Å². The third kappa shape index (κ3) is 5.37. The Morgan fingerprint density at radius 3 is 1.18 bits per heavy atom. The zero-order valence-electron chi connectivity index (χ0n) is 18.8. The van der Waals surface area contributed by atoms with E-state index >= 15 is 0 Å². The van der Waals surface area contributed by atoms with Gasteiger partial charge in [0.15, 0.2) is 6.21 Å². The molecule has 0 aliphatic rings. The summed E-state index contributed by atoms with van der Waals surface area (Å²) < 4.78 is 2.22. The number of rotatable bonds is 6. The van der Waals surface area contributed by atoms with E-state index in [0.717, 1.165) is 34.0 Å². The van der Waals surface area contributed by atoms with Crippen LogP contribution < -0.4 is 9.48 Å². The van der Waals surface area contributed by atoms with Crippen LogP contribution in [0.25, 0.3) is 0 Å². The van der Waals surface area contributed by atoms with E-state index in [4.69, 9.17) is 0 Å². The predicted octanol–water partition coefficient (Wildman–Crippen LogP) is 8.11. The van der Waals surface area contributed by atoms with Crippen molar-refractivity contribution in [1.29, 1.82) is 0 Å². The summed E-state index contributed by atoms with van der Waals surface area (Å²) in [7, 11) is 0. The molecule has 0 heterocycles. The molecule has 0 bridgehead atoms. The fourth-order valence-corrected chi connectivity index (χ4v) is 3.94. The van der Waals surface area contributed by atoms with Crippen LogP contribution in [0.3, 0.4) is 0 Å². The second-order valence-corrected chi connectivity index (χ2v) is 7.77. The third-order valence-electron chi connectivity index (χ3n) is 5.53. The van der Waals surface area contributed by atoms with Crippen LogP contribution in [0.2, 0.25) is 0 Å². The molecule has 0 saturated heterocycles. The van der Waals surface area contributed by atoms with Gasteiger partial charge in [-0.05, 0) is 48.5 Å². The molecule has 0 atom stereocenters. The molecular weight excluding hydrogens is 451 g/mol. The fourth-order valence-electron chi connectivity index (χ4n) is 3.94. The Morgan fingerprint density at radius 2 is 0.765 bits per heavy atom. The van der Waals surface area contributed by atoms with Gasteiger partial charge in [-0.2, -0.15) is 4.58 Å². The molecule has 0 saturated carbocycles. The molecule has 5 aromatic carbocycles. The van der Waals surface area contributed by atoms with Crippen molar-refractivity contribution in [2.45, 2.75) is 0 Å². The first-order chi connectivity index (χ1) is 16.4. The van der Waals surface area contributed by atoms with Gasteiger partial charge in [-0.25, -0.2) is 0 Å². The van der Waals surface area contributed by atoms with Gasteiger partial charge in [0.2, 0.25) is 11.4 Å². The second kappa shape index (κ2) is 11.3. The van der Waals surface area contributed by atoms with Gasteiger partial charge in [-0.3, -0.25) is 0 Å². The molecule has 0 aliphatic heterocycles. The molecule has 0 aromatic heterocycles. The number of anilines is 3. The molecule has 0 aliphatic carbocycles. The molecule has 5 rings (SSSR count). The average molecular weight is 476 g/mol. The Kier molecular flexibility index (Phi) is 7.77. The van der Waals surface area contributed by atoms with E-state index in [2.05, 4.69) is 137 Å². The Balaban J connectivity index is 0.00000274. The number of hydrogen-bond donors (Lipinski definition) is 0. The first kappa shape index (κ1) is 23.3. The zero-order valence-corrected chi connectivity index (χ0v) is 20.2. The van der Waals surface area contributed by atoms with E-state index < -0.39 is 0 Å². The third-order valence-corrected chi connectivity index (χ3v) is 5.53. The van der Waals surface area contributed by atoms with Gasteiger partial charge >= 0.3 is 0 Å². The summed E-state index contributed by atoms with van der Waals surface area (Å²) in [5.41, 5.74) is 6.78. The minimum atomic E-state index is 0. The standard InChI is InChI=1S/C31H25N2.V/c1-5-13-27(14-6-1)32(28-15-7-2-8-16-28)25-26-21-23-31(24-22-26)33(29-17-9-3-10-18-29)30-19-11-4-12-20-30;/h1-25H;/q+1;. The summed E-state index contributed by atoms with van der Waals surface area (Å²) in [5, 5.41) is 0. The van der Waals surface area contributed by atoms with Crippen LogP contribution in [0.4, 0.5) is 28.4 Å². The van der Waals surface area contributed by atoms with E-state index in [-0.39, 0.29) is 18.6 Å². The van der Waals surface area contributed by atoms with Gasteiger partial charge in [0.05, 0.1) is 0 Å². The smallest absolute Gasteiger partial charge is 0.211 e. The predicted molar refractivity (Wildman–Crippen MR) is 141 cm³/mol. The quantitative estimate of drug-likeness (QED) is 0.177. The molecule has 0 fully saturated rings. The van der Waals surface area contributed by atoms with Crippen LogP contribution >= 0.6 is 0 Å². The van der Waals surface area contributed by atoms with Crippen LogP contribution in [-0.2, 0) is 18.6 Å². The fraction of sp³-hybridized carbons (Fsp3) is 0. The second-order valence-electron chi connectivity index (χ2n) is 7.77. The van der Waals surface area contributed by atoms with Crippen molar-refractivity contribution in [1.82, 2.24) is 4.58 Å². The summed E-state index contributed by atoms with van der Waals surface area (Å²) in [4.78, 5) is 2.27. The summed E-state index contributed by atoms with van der Waals surface area (Å²) in [5.74, 6) is 0. The molecule has 34 heavy (non-hydrogen) atoms.